The van der Waals surface area contributed by atoms with Crippen LogP contribution in [0.5, 0.6) is 0 Å². The highest BCUT2D eigenvalue weighted by Gasteiger charge is 2.40. The average molecular weight is 609 g/mol. The van der Waals surface area contributed by atoms with Gasteiger partial charge in [0, 0.05) is 64.8 Å². The van der Waals surface area contributed by atoms with Crippen molar-refractivity contribution in [2.45, 2.75) is 104 Å². The normalized spacial score (nSPS) is 17.9. The number of urea groups is 2. The van der Waals surface area contributed by atoms with Gasteiger partial charge in [0.15, 0.2) is 0 Å². The van der Waals surface area contributed by atoms with Crippen LogP contribution >= 0.6 is 0 Å². The SMILES string of the molecule is CCO[Si](CCCNC(=O)NC1CCCCC1NC(=O)NCCC[Si](OCC)(OCC)OCC)(OCC)OCC. The lowest BCUT2D eigenvalue weighted by molar-refractivity contribution is 0.0700. The molecule has 0 aliphatic heterocycles. The summed E-state index contributed by atoms with van der Waals surface area (Å²) in [7, 11) is -5.44. The Morgan fingerprint density at radius 3 is 1.15 bits per heavy atom. The van der Waals surface area contributed by atoms with Gasteiger partial charge >= 0.3 is 29.7 Å². The van der Waals surface area contributed by atoms with Crippen LogP contribution in [-0.2, 0) is 26.6 Å². The summed E-state index contributed by atoms with van der Waals surface area (Å²) in [5, 5.41) is 12.0. The highest BCUT2D eigenvalue weighted by molar-refractivity contribution is 6.61. The van der Waals surface area contributed by atoms with Gasteiger partial charge in [-0.1, -0.05) is 12.8 Å². The lowest BCUT2D eigenvalue weighted by atomic mass is 9.90. The molecule has 0 aromatic rings. The van der Waals surface area contributed by atoms with Crippen molar-refractivity contribution in [1.82, 2.24) is 21.3 Å². The van der Waals surface area contributed by atoms with Crippen molar-refractivity contribution in [1.29, 1.82) is 0 Å². The number of rotatable bonds is 22. The molecule has 0 heterocycles. The fourth-order valence-corrected chi connectivity index (χ4v) is 10.2. The molecule has 40 heavy (non-hydrogen) atoms. The maximum Gasteiger partial charge on any atom is 0.500 e. The zero-order chi connectivity index (χ0) is 29.7. The van der Waals surface area contributed by atoms with Crippen molar-refractivity contribution in [2.24, 2.45) is 0 Å². The molecule has 1 saturated carbocycles. The highest BCUT2D eigenvalue weighted by atomic mass is 28.4. The molecule has 0 radical (unpaired) electrons. The zero-order valence-electron chi connectivity index (χ0n) is 25.7. The van der Waals surface area contributed by atoms with E-state index in [-0.39, 0.29) is 24.1 Å². The first kappa shape index (κ1) is 36.8. The van der Waals surface area contributed by atoms with E-state index in [4.69, 9.17) is 26.6 Å². The Morgan fingerprint density at radius 2 is 0.875 bits per heavy atom. The molecule has 0 spiro atoms. The summed E-state index contributed by atoms with van der Waals surface area (Å²) in [5.41, 5.74) is 0. The van der Waals surface area contributed by atoms with Crippen LogP contribution in [0.1, 0.15) is 80.1 Å². The quantitative estimate of drug-likeness (QED) is 0.108. The second-order valence-electron chi connectivity index (χ2n) is 9.47. The van der Waals surface area contributed by atoms with Gasteiger partial charge in [-0.2, -0.15) is 0 Å². The van der Waals surface area contributed by atoms with Crippen LogP contribution in [0.2, 0.25) is 12.1 Å². The number of hydrogen-bond acceptors (Lipinski definition) is 8. The van der Waals surface area contributed by atoms with Gasteiger partial charge < -0.3 is 47.8 Å². The first-order chi connectivity index (χ1) is 19.3. The molecule has 1 aliphatic carbocycles. The Labute approximate surface area is 244 Å². The Hall–Kier alpha value is -1.27. The summed E-state index contributed by atoms with van der Waals surface area (Å²) in [6, 6.07) is 0.549. The minimum atomic E-state index is -2.72. The molecule has 4 N–H and O–H groups in total. The Morgan fingerprint density at radius 1 is 0.575 bits per heavy atom. The lowest BCUT2D eigenvalue weighted by Gasteiger charge is -2.33. The number of carbonyl (C=O) groups excluding carboxylic acids is 2. The van der Waals surface area contributed by atoms with Crippen LogP contribution in [-0.4, -0.2) is 94.5 Å². The summed E-state index contributed by atoms with van der Waals surface area (Å²) >= 11 is 0. The Kier molecular flexibility index (Phi) is 19.7. The minimum Gasteiger partial charge on any atom is -0.374 e. The smallest absolute Gasteiger partial charge is 0.374 e. The van der Waals surface area contributed by atoms with Crippen LogP contribution in [0.15, 0.2) is 0 Å². The van der Waals surface area contributed by atoms with Crippen LogP contribution in [0, 0.1) is 0 Å². The second-order valence-corrected chi connectivity index (χ2v) is 14.9. The molecule has 0 saturated heterocycles. The summed E-state index contributed by atoms with van der Waals surface area (Å²) in [4.78, 5) is 25.3. The van der Waals surface area contributed by atoms with E-state index in [9.17, 15) is 9.59 Å². The van der Waals surface area contributed by atoms with E-state index in [0.29, 0.717) is 77.7 Å². The predicted molar refractivity (Wildman–Crippen MR) is 159 cm³/mol. The number of amides is 4. The van der Waals surface area contributed by atoms with Gasteiger partial charge in [0.2, 0.25) is 0 Å². The minimum absolute atomic E-state index is 0.128. The molecule has 2 atom stereocenters. The molecule has 236 valence electrons. The van der Waals surface area contributed by atoms with E-state index in [2.05, 4.69) is 21.3 Å². The Balaban J connectivity index is 2.48. The third-order valence-electron chi connectivity index (χ3n) is 6.48. The van der Waals surface area contributed by atoms with Gasteiger partial charge in [-0.05, 0) is 67.2 Å². The topological polar surface area (TPSA) is 138 Å². The van der Waals surface area contributed by atoms with Gasteiger partial charge in [-0.25, -0.2) is 9.59 Å². The van der Waals surface area contributed by atoms with E-state index >= 15 is 0 Å². The fourth-order valence-electron chi connectivity index (χ4n) is 4.93. The fraction of sp³-hybridized carbons (Fsp3) is 0.923. The average Bonchev–Trinajstić information content (AvgIpc) is 2.91. The van der Waals surface area contributed by atoms with Crippen molar-refractivity contribution in [3.8, 4) is 0 Å². The highest BCUT2D eigenvalue weighted by Crippen LogP contribution is 2.20. The molecule has 1 aliphatic rings. The third kappa shape index (κ3) is 14.1. The van der Waals surface area contributed by atoms with Gasteiger partial charge in [0.25, 0.3) is 0 Å². The monoisotopic (exact) mass is 608 g/mol. The summed E-state index contributed by atoms with van der Waals surface area (Å²) in [6.45, 7) is 15.7. The molecular weight excluding hydrogens is 552 g/mol. The molecule has 4 amide bonds. The van der Waals surface area contributed by atoms with Crippen LogP contribution < -0.4 is 21.3 Å². The van der Waals surface area contributed by atoms with E-state index in [1.54, 1.807) is 0 Å². The molecule has 14 heteroatoms. The molecule has 1 fully saturated rings. The van der Waals surface area contributed by atoms with Crippen molar-refractivity contribution in [3.05, 3.63) is 0 Å². The van der Waals surface area contributed by atoms with Crippen molar-refractivity contribution < 1.29 is 36.1 Å². The molecule has 0 aromatic carbocycles. The second kappa shape index (κ2) is 21.4. The maximum absolute atomic E-state index is 12.6. The number of nitrogens with one attached hydrogen (secondary N) is 4. The van der Waals surface area contributed by atoms with E-state index < -0.39 is 17.6 Å². The molecule has 12 nitrogen and oxygen atoms in total. The van der Waals surface area contributed by atoms with Crippen molar-refractivity contribution in [3.63, 3.8) is 0 Å². The standard InChI is InChI=1S/C26H56N4O8Si2/c1-7-33-39(34-8-2,35-9-3)21-15-19-27-25(31)29-23-17-13-14-18-24(23)30-26(32)28-20-16-22-40(36-10-4,37-11-5)38-12-6/h23-24H,7-22H2,1-6H3,(H2,27,29,31)(H2,28,30,32). The van der Waals surface area contributed by atoms with Crippen LogP contribution in [0.4, 0.5) is 9.59 Å². The largest absolute Gasteiger partial charge is 0.500 e. The van der Waals surface area contributed by atoms with E-state index in [0.717, 1.165) is 25.7 Å². The predicted octanol–water partition coefficient (Wildman–Crippen LogP) is 3.77. The molecular formula is C26H56N4O8Si2. The van der Waals surface area contributed by atoms with Crippen molar-refractivity contribution >= 4 is 29.7 Å². The lowest BCUT2D eigenvalue weighted by Crippen LogP contribution is -2.56. The van der Waals surface area contributed by atoms with Gasteiger partial charge in [-0.15, -0.1) is 0 Å². The maximum atomic E-state index is 12.6. The summed E-state index contributed by atoms with van der Waals surface area (Å²) < 4.78 is 35.3. The van der Waals surface area contributed by atoms with E-state index in [1.807, 2.05) is 41.5 Å². The van der Waals surface area contributed by atoms with Gasteiger partial charge in [0.1, 0.15) is 0 Å². The number of hydrogen-bond donors (Lipinski definition) is 4. The zero-order valence-corrected chi connectivity index (χ0v) is 27.7. The number of carbonyl (C=O) groups is 2. The third-order valence-corrected chi connectivity index (χ3v) is 12.8. The Bertz CT molecular complexity index is 605. The first-order valence-electron chi connectivity index (χ1n) is 15.2. The van der Waals surface area contributed by atoms with Crippen molar-refractivity contribution in [2.75, 3.05) is 52.7 Å². The van der Waals surface area contributed by atoms with Crippen LogP contribution in [0.3, 0.4) is 0 Å². The van der Waals surface area contributed by atoms with Gasteiger partial charge in [-0.3, -0.25) is 0 Å². The molecule has 1 rings (SSSR count). The van der Waals surface area contributed by atoms with Crippen LogP contribution in [0.25, 0.3) is 0 Å². The first-order valence-corrected chi connectivity index (χ1v) is 19.1. The van der Waals surface area contributed by atoms with E-state index in [1.165, 1.54) is 0 Å². The molecule has 0 bridgehead atoms. The van der Waals surface area contributed by atoms with Gasteiger partial charge in [0.05, 0.1) is 12.1 Å². The molecule has 2 unspecified atom stereocenters. The summed E-state index contributed by atoms with van der Waals surface area (Å²) in [6.07, 6.45) is 5.03. The summed E-state index contributed by atoms with van der Waals surface area (Å²) in [5.74, 6) is 0. The molecule has 0 aromatic heterocycles.